The van der Waals surface area contributed by atoms with Gasteiger partial charge in [0, 0.05) is 57.6 Å². The molecule has 0 spiro atoms. The van der Waals surface area contributed by atoms with Gasteiger partial charge in [-0.2, -0.15) is 0 Å². The van der Waals surface area contributed by atoms with E-state index in [9.17, 15) is 14.7 Å². The highest BCUT2D eigenvalue weighted by Crippen LogP contribution is 2.30. The summed E-state index contributed by atoms with van der Waals surface area (Å²) in [4.78, 5) is 40.9. The van der Waals surface area contributed by atoms with Crippen LogP contribution in [0.5, 0.6) is 5.75 Å². The number of imidazole rings is 1. The maximum absolute atomic E-state index is 13.4. The quantitative estimate of drug-likeness (QED) is 0.258. The molecule has 5 rings (SSSR count). The van der Waals surface area contributed by atoms with Gasteiger partial charge in [0.2, 0.25) is 5.75 Å². The Bertz CT molecular complexity index is 1490. The molecular formula is C28H32N6O4. The number of aromatic amines is 1. The SMILES string of the molecule is Cc1ccc(Cc2cnc(-c3nc4c(N(C)CCCC=O)cc(N5CCOCC5)cn4c(=O)c3O)[nH]2)cc1. The van der Waals surface area contributed by atoms with E-state index in [-0.39, 0.29) is 5.69 Å². The lowest BCUT2D eigenvalue weighted by atomic mass is 10.1. The molecule has 1 saturated heterocycles. The maximum Gasteiger partial charge on any atom is 0.300 e. The van der Waals surface area contributed by atoms with E-state index in [2.05, 4.69) is 39.1 Å². The number of fused-ring (bicyclic) bond motifs is 1. The number of hydrogen-bond donors (Lipinski definition) is 2. The second kappa shape index (κ2) is 11.1. The van der Waals surface area contributed by atoms with Gasteiger partial charge in [-0.15, -0.1) is 0 Å². The van der Waals surface area contributed by atoms with Crippen LogP contribution in [-0.4, -0.2) is 70.6 Å². The van der Waals surface area contributed by atoms with Gasteiger partial charge in [0.15, 0.2) is 17.2 Å². The Labute approximate surface area is 220 Å². The summed E-state index contributed by atoms with van der Waals surface area (Å²) in [5, 5.41) is 10.9. The van der Waals surface area contributed by atoms with Crippen LogP contribution in [0.1, 0.15) is 29.7 Å². The molecule has 0 radical (unpaired) electrons. The van der Waals surface area contributed by atoms with E-state index in [0.29, 0.717) is 63.6 Å². The van der Waals surface area contributed by atoms with Crippen molar-refractivity contribution < 1.29 is 14.6 Å². The summed E-state index contributed by atoms with van der Waals surface area (Å²) < 4.78 is 6.88. The molecule has 1 aliphatic rings. The van der Waals surface area contributed by atoms with Crippen LogP contribution in [-0.2, 0) is 16.0 Å². The van der Waals surface area contributed by atoms with Crippen molar-refractivity contribution >= 4 is 23.3 Å². The predicted octanol–water partition coefficient (Wildman–Crippen LogP) is 2.94. The number of unbranched alkanes of at least 4 members (excludes halogenated alkanes) is 1. The van der Waals surface area contributed by atoms with E-state index in [1.54, 1.807) is 12.4 Å². The highest BCUT2D eigenvalue weighted by Gasteiger charge is 2.22. The van der Waals surface area contributed by atoms with Crippen molar-refractivity contribution in [1.82, 2.24) is 19.4 Å². The molecule has 0 atom stereocenters. The molecule has 0 unspecified atom stereocenters. The molecular weight excluding hydrogens is 484 g/mol. The van der Waals surface area contributed by atoms with Crippen LogP contribution in [0.4, 0.5) is 11.4 Å². The third-order valence-electron chi connectivity index (χ3n) is 6.84. The summed E-state index contributed by atoms with van der Waals surface area (Å²) in [5.41, 5.74) is 4.66. The molecule has 1 aromatic carbocycles. The number of pyridine rings is 1. The largest absolute Gasteiger partial charge is 0.501 e. The summed E-state index contributed by atoms with van der Waals surface area (Å²) in [7, 11) is 1.91. The summed E-state index contributed by atoms with van der Waals surface area (Å²) in [6.07, 6.45) is 6.07. The fourth-order valence-corrected chi connectivity index (χ4v) is 4.67. The number of nitrogens with one attached hydrogen (secondary N) is 1. The first-order valence-corrected chi connectivity index (χ1v) is 12.8. The van der Waals surface area contributed by atoms with Gasteiger partial charge >= 0.3 is 5.56 Å². The topological polar surface area (TPSA) is 116 Å². The molecule has 198 valence electrons. The third kappa shape index (κ3) is 5.26. The molecule has 1 fully saturated rings. The van der Waals surface area contributed by atoms with Crippen molar-refractivity contribution in [3.63, 3.8) is 0 Å². The summed E-state index contributed by atoms with van der Waals surface area (Å²) in [6, 6.07) is 10.2. The minimum absolute atomic E-state index is 0.104. The zero-order valence-corrected chi connectivity index (χ0v) is 21.7. The number of benzene rings is 1. The first-order valence-electron chi connectivity index (χ1n) is 12.8. The van der Waals surface area contributed by atoms with Crippen LogP contribution in [0.25, 0.3) is 17.2 Å². The number of aromatic hydroxyl groups is 1. The predicted molar refractivity (Wildman–Crippen MR) is 146 cm³/mol. The van der Waals surface area contributed by atoms with Gasteiger partial charge in [0.1, 0.15) is 6.29 Å². The molecule has 0 saturated carbocycles. The Morgan fingerprint density at radius 2 is 1.97 bits per heavy atom. The van der Waals surface area contributed by atoms with Gasteiger partial charge in [-0.05, 0) is 25.0 Å². The van der Waals surface area contributed by atoms with Gasteiger partial charge in [0.05, 0.1) is 24.6 Å². The number of aromatic nitrogens is 4. The van der Waals surface area contributed by atoms with Crippen molar-refractivity contribution in [2.75, 3.05) is 49.7 Å². The Kier molecular flexibility index (Phi) is 7.41. The number of carbonyl (C=O) groups is 1. The Morgan fingerprint density at radius 1 is 1.21 bits per heavy atom. The van der Waals surface area contributed by atoms with E-state index < -0.39 is 11.3 Å². The van der Waals surface area contributed by atoms with Gasteiger partial charge in [-0.25, -0.2) is 9.97 Å². The second-order valence-electron chi connectivity index (χ2n) is 9.64. The summed E-state index contributed by atoms with van der Waals surface area (Å²) in [6.45, 7) is 5.24. The molecule has 4 aromatic rings. The van der Waals surface area contributed by atoms with E-state index in [1.165, 1.54) is 9.96 Å². The molecule has 3 aromatic heterocycles. The van der Waals surface area contributed by atoms with Crippen molar-refractivity contribution in [2.24, 2.45) is 0 Å². The van der Waals surface area contributed by atoms with Crippen LogP contribution < -0.4 is 15.4 Å². The third-order valence-corrected chi connectivity index (χ3v) is 6.84. The number of nitrogens with zero attached hydrogens (tertiary/aromatic N) is 5. The molecule has 0 aliphatic carbocycles. The number of anilines is 2. The van der Waals surface area contributed by atoms with Crippen LogP contribution in [0, 0.1) is 6.92 Å². The lowest BCUT2D eigenvalue weighted by molar-refractivity contribution is -0.107. The normalized spacial score (nSPS) is 13.7. The van der Waals surface area contributed by atoms with E-state index in [4.69, 9.17) is 9.72 Å². The van der Waals surface area contributed by atoms with Gasteiger partial charge in [-0.1, -0.05) is 29.8 Å². The highest BCUT2D eigenvalue weighted by atomic mass is 16.5. The number of rotatable bonds is 9. The average molecular weight is 517 g/mol. The number of aryl methyl sites for hydroxylation is 1. The molecule has 1 aliphatic heterocycles. The van der Waals surface area contributed by atoms with Crippen molar-refractivity contribution in [3.8, 4) is 17.3 Å². The smallest absolute Gasteiger partial charge is 0.300 e. The Morgan fingerprint density at radius 3 is 2.71 bits per heavy atom. The fraction of sp³-hybridized carbons (Fsp3) is 0.357. The van der Waals surface area contributed by atoms with E-state index in [0.717, 1.165) is 28.9 Å². The monoisotopic (exact) mass is 516 g/mol. The number of ether oxygens (including phenoxy) is 1. The Hall–Kier alpha value is -4.18. The van der Waals surface area contributed by atoms with Crippen molar-refractivity contribution in [1.29, 1.82) is 0 Å². The molecule has 38 heavy (non-hydrogen) atoms. The average Bonchev–Trinajstić information content (AvgIpc) is 3.40. The number of carbonyl (C=O) groups excluding carboxylic acids is 1. The number of aldehydes is 1. The number of hydrogen-bond acceptors (Lipinski definition) is 8. The van der Waals surface area contributed by atoms with Crippen LogP contribution >= 0.6 is 0 Å². The minimum Gasteiger partial charge on any atom is -0.501 e. The van der Waals surface area contributed by atoms with Crippen LogP contribution in [0.15, 0.2) is 47.5 Å². The maximum atomic E-state index is 13.4. The van der Waals surface area contributed by atoms with Crippen LogP contribution in [0.2, 0.25) is 0 Å². The van der Waals surface area contributed by atoms with Crippen molar-refractivity contribution in [2.45, 2.75) is 26.2 Å². The summed E-state index contributed by atoms with van der Waals surface area (Å²) in [5.74, 6) is -0.136. The first-order chi connectivity index (χ1) is 18.4. The molecule has 0 bridgehead atoms. The first kappa shape index (κ1) is 25.5. The van der Waals surface area contributed by atoms with Crippen LogP contribution in [0.3, 0.4) is 0 Å². The van der Waals surface area contributed by atoms with Gasteiger partial charge in [0.25, 0.3) is 0 Å². The molecule has 4 heterocycles. The molecule has 2 N–H and O–H groups in total. The van der Waals surface area contributed by atoms with Gasteiger partial charge < -0.3 is 29.4 Å². The highest BCUT2D eigenvalue weighted by molar-refractivity contribution is 5.76. The zero-order valence-electron chi connectivity index (χ0n) is 21.7. The number of H-pyrrole nitrogens is 1. The van der Waals surface area contributed by atoms with E-state index >= 15 is 0 Å². The molecule has 10 heteroatoms. The molecule has 0 amide bonds. The Balaban J connectivity index is 1.57. The van der Waals surface area contributed by atoms with E-state index in [1.807, 2.05) is 24.9 Å². The fourth-order valence-electron chi connectivity index (χ4n) is 4.67. The number of morpholine rings is 1. The second-order valence-corrected chi connectivity index (χ2v) is 9.64. The lowest BCUT2D eigenvalue weighted by Gasteiger charge is -2.30. The van der Waals surface area contributed by atoms with Gasteiger partial charge in [-0.3, -0.25) is 9.20 Å². The minimum atomic E-state index is -0.570. The standard InChI is InChI=1S/C28H32N6O4/c1-19-5-7-20(8-6-19)15-21-17-29-26(30-21)24-25(36)28(37)34-18-22(33-10-13-38-14-11-33)16-23(27(34)31-24)32(2)9-3-4-12-35/h5-8,12,16-18,36H,3-4,9-11,13-15H2,1-2H3,(H,29,30). The summed E-state index contributed by atoms with van der Waals surface area (Å²) >= 11 is 0. The van der Waals surface area contributed by atoms with Crippen molar-refractivity contribution in [3.05, 3.63) is 69.9 Å². The lowest BCUT2D eigenvalue weighted by Crippen LogP contribution is -2.37. The zero-order chi connectivity index (χ0) is 26.6. The molecule has 10 nitrogen and oxygen atoms in total.